The van der Waals surface area contributed by atoms with Crippen molar-refractivity contribution in [2.24, 2.45) is 0 Å². The highest BCUT2D eigenvalue weighted by molar-refractivity contribution is 9.10. The van der Waals surface area contributed by atoms with E-state index in [9.17, 15) is 0 Å². The molecule has 0 spiro atoms. The number of rotatable bonds is 3. The first-order valence-electron chi connectivity index (χ1n) is 7.10. The lowest BCUT2D eigenvalue weighted by Gasteiger charge is -2.19. The van der Waals surface area contributed by atoms with Crippen molar-refractivity contribution in [2.45, 2.75) is 39.3 Å². The van der Waals surface area contributed by atoms with Gasteiger partial charge in [-0.2, -0.15) is 0 Å². The van der Waals surface area contributed by atoms with Gasteiger partial charge in [0.15, 0.2) is 0 Å². The van der Waals surface area contributed by atoms with Crippen molar-refractivity contribution in [1.82, 2.24) is 9.88 Å². The smallest absolute Gasteiger partial charge is 0.226 e. The number of aromatic nitrogens is 1. The molecule has 0 bridgehead atoms. The van der Waals surface area contributed by atoms with Gasteiger partial charge in [-0.15, -0.1) is 0 Å². The third-order valence-electron chi connectivity index (χ3n) is 4.03. The zero-order chi connectivity index (χ0) is 14.1. The third-order valence-corrected chi connectivity index (χ3v) is 4.56. The molecule has 2 aromatic rings. The molecule has 20 heavy (non-hydrogen) atoms. The summed E-state index contributed by atoms with van der Waals surface area (Å²) in [6, 6.07) is 8.73. The predicted octanol–water partition coefficient (Wildman–Crippen LogP) is 4.40. The van der Waals surface area contributed by atoms with Gasteiger partial charge in [0.1, 0.15) is 5.76 Å². The molecule has 0 saturated carbocycles. The number of hydrogen-bond acceptors (Lipinski definition) is 3. The number of oxazole rings is 1. The average Bonchev–Trinajstić information content (AvgIpc) is 2.99. The molecule has 106 valence electrons. The van der Waals surface area contributed by atoms with Gasteiger partial charge >= 0.3 is 0 Å². The molecular weight excluding hydrogens is 316 g/mol. The Bertz CT molecular complexity index is 591. The van der Waals surface area contributed by atoms with Crippen molar-refractivity contribution in [3.8, 4) is 11.5 Å². The van der Waals surface area contributed by atoms with E-state index < -0.39 is 0 Å². The highest BCUT2D eigenvalue weighted by Gasteiger charge is 2.22. The van der Waals surface area contributed by atoms with Gasteiger partial charge in [-0.3, -0.25) is 4.90 Å². The lowest BCUT2D eigenvalue weighted by atomic mass is 10.2. The second-order valence-electron chi connectivity index (χ2n) is 5.49. The molecule has 1 saturated heterocycles. The Balaban J connectivity index is 1.81. The fraction of sp³-hybridized carbons (Fsp3) is 0.438. The van der Waals surface area contributed by atoms with Crippen molar-refractivity contribution in [2.75, 3.05) is 6.54 Å². The quantitative estimate of drug-likeness (QED) is 0.833. The predicted molar refractivity (Wildman–Crippen MR) is 83.5 cm³/mol. The fourth-order valence-corrected chi connectivity index (χ4v) is 2.98. The van der Waals surface area contributed by atoms with Gasteiger partial charge in [-0.05, 0) is 57.5 Å². The average molecular weight is 335 g/mol. The molecule has 0 radical (unpaired) electrons. The van der Waals surface area contributed by atoms with Gasteiger partial charge in [0.05, 0.1) is 5.69 Å². The number of aryl methyl sites for hydroxylation is 1. The molecule has 2 heterocycles. The van der Waals surface area contributed by atoms with Crippen LogP contribution in [0.2, 0.25) is 0 Å². The van der Waals surface area contributed by atoms with E-state index in [0.29, 0.717) is 6.04 Å². The molecule has 3 rings (SSSR count). The number of likely N-dealkylation sites (tertiary alicyclic amines) is 1. The molecular formula is C16H19BrN2O. The second-order valence-corrected chi connectivity index (χ2v) is 6.41. The molecule has 1 aromatic carbocycles. The number of hydrogen-bond donors (Lipinski definition) is 0. The molecule has 4 heteroatoms. The van der Waals surface area contributed by atoms with E-state index >= 15 is 0 Å². The van der Waals surface area contributed by atoms with Gasteiger partial charge in [-0.1, -0.05) is 15.9 Å². The Morgan fingerprint density at radius 3 is 2.75 bits per heavy atom. The SMILES string of the molecule is Cc1oc(-c2ccc(Br)cc2)nc1CN1CCCC1C. The molecule has 1 aromatic heterocycles. The first kappa shape index (κ1) is 13.8. The first-order valence-corrected chi connectivity index (χ1v) is 7.89. The normalized spacial score (nSPS) is 19.6. The molecule has 1 unspecified atom stereocenters. The summed E-state index contributed by atoms with van der Waals surface area (Å²) in [6.07, 6.45) is 2.58. The van der Waals surface area contributed by atoms with Crippen LogP contribution in [0.3, 0.4) is 0 Å². The zero-order valence-corrected chi connectivity index (χ0v) is 13.5. The molecule has 1 atom stereocenters. The van der Waals surface area contributed by atoms with Crippen LogP contribution in [0.1, 0.15) is 31.2 Å². The van der Waals surface area contributed by atoms with Crippen LogP contribution in [0.5, 0.6) is 0 Å². The van der Waals surface area contributed by atoms with Crippen LogP contribution in [0.25, 0.3) is 11.5 Å². The number of halogens is 1. The maximum Gasteiger partial charge on any atom is 0.226 e. The van der Waals surface area contributed by atoms with Crippen molar-refractivity contribution in [3.05, 3.63) is 40.2 Å². The lowest BCUT2D eigenvalue weighted by Crippen LogP contribution is -2.26. The first-order chi connectivity index (χ1) is 9.63. The summed E-state index contributed by atoms with van der Waals surface area (Å²) in [4.78, 5) is 7.17. The van der Waals surface area contributed by atoms with Crippen molar-refractivity contribution >= 4 is 15.9 Å². The van der Waals surface area contributed by atoms with Gasteiger partial charge in [0.25, 0.3) is 0 Å². The maximum absolute atomic E-state index is 5.83. The number of nitrogens with zero attached hydrogens (tertiary/aromatic N) is 2. The molecule has 0 aliphatic carbocycles. The largest absolute Gasteiger partial charge is 0.441 e. The highest BCUT2D eigenvalue weighted by Crippen LogP contribution is 2.26. The van der Waals surface area contributed by atoms with E-state index in [1.165, 1.54) is 19.4 Å². The minimum Gasteiger partial charge on any atom is -0.441 e. The number of benzene rings is 1. The third kappa shape index (κ3) is 2.81. The Hall–Kier alpha value is -1.13. The van der Waals surface area contributed by atoms with Gasteiger partial charge < -0.3 is 4.42 Å². The van der Waals surface area contributed by atoms with E-state index in [4.69, 9.17) is 4.42 Å². The van der Waals surface area contributed by atoms with Gasteiger partial charge in [-0.25, -0.2) is 4.98 Å². The molecule has 1 fully saturated rings. The Morgan fingerprint density at radius 2 is 2.10 bits per heavy atom. The summed E-state index contributed by atoms with van der Waals surface area (Å²) in [7, 11) is 0. The molecule has 3 nitrogen and oxygen atoms in total. The molecule has 0 amide bonds. The minimum absolute atomic E-state index is 0.655. The van der Waals surface area contributed by atoms with Crippen LogP contribution in [0.4, 0.5) is 0 Å². The monoisotopic (exact) mass is 334 g/mol. The summed E-state index contributed by atoms with van der Waals surface area (Å²) in [5, 5.41) is 0. The van der Waals surface area contributed by atoms with Crippen molar-refractivity contribution in [3.63, 3.8) is 0 Å². The van der Waals surface area contributed by atoms with Crippen molar-refractivity contribution < 1.29 is 4.42 Å². The van der Waals surface area contributed by atoms with Gasteiger partial charge in [0.2, 0.25) is 5.89 Å². The second kappa shape index (κ2) is 5.70. The summed E-state index contributed by atoms with van der Waals surface area (Å²) in [5.74, 6) is 1.65. The van der Waals surface area contributed by atoms with Crippen LogP contribution in [0, 0.1) is 6.92 Å². The molecule has 1 aliphatic rings. The fourth-order valence-electron chi connectivity index (χ4n) is 2.71. The van der Waals surface area contributed by atoms with Crippen LogP contribution >= 0.6 is 15.9 Å². The van der Waals surface area contributed by atoms with Crippen LogP contribution < -0.4 is 0 Å². The van der Waals surface area contributed by atoms with E-state index in [0.717, 1.165) is 33.9 Å². The summed E-state index contributed by atoms with van der Waals surface area (Å²) in [6.45, 7) is 6.36. The van der Waals surface area contributed by atoms with Crippen LogP contribution in [-0.4, -0.2) is 22.5 Å². The van der Waals surface area contributed by atoms with E-state index in [-0.39, 0.29) is 0 Å². The topological polar surface area (TPSA) is 29.3 Å². The minimum atomic E-state index is 0.655. The summed E-state index contributed by atoms with van der Waals surface area (Å²) in [5.41, 5.74) is 2.09. The van der Waals surface area contributed by atoms with E-state index in [2.05, 4.69) is 32.7 Å². The van der Waals surface area contributed by atoms with Crippen LogP contribution in [0.15, 0.2) is 33.2 Å². The van der Waals surface area contributed by atoms with Crippen molar-refractivity contribution in [1.29, 1.82) is 0 Å². The lowest BCUT2D eigenvalue weighted by molar-refractivity contribution is 0.256. The van der Waals surface area contributed by atoms with E-state index in [1.54, 1.807) is 0 Å². The molecule has 0 N–H and O–H groups in total. The highest BCUT2D eigenvalue weighted by atomic mass is 79.9. The maximum atomic E-state index is 5.83. The standard InChI is InChI=1S/C16H19BrN2O/c1-11-4-3-9-19(11)10-15-12(2)20-16(18-15)13-5-7-14(17)8-6-13/h5-8,11H,3-4,9-10H2,1-2H3. The summed E-state index contributed by atoms with van der Waals surface area (Å²) >= 11 is 3.44. The zero-order valence-electron chi connectivity index (χ0n) is 11.9. The Labute approximate surface area is 128 Å². The molecule has 1 aliphatic heterocycles. The Morgan fingerprint density at radius 1 is 1.35 bits per heavy atom. The summed E-state index contributed by atoms with van der Waals surface area (Å²) < 4.78 is 6.90. The van der Waals surface area contributed by atoms with Gasteiger partial charge in [0, 0.05) is 22.6 Å². The van der Waals surface area contributed by atoms with E-state index in [1.807, 2.05) is 31.2 Å². The van der Waals surface area contributed by atoms with Crippen LogP contribution in [-0.2, 0) is 6.54 Å². The Kier molecular flexibility index (Phi) is 3.94.